The molecular weight excluding hydrogens is 288 g/mol. The minimum absolute atomic E-state index is 0.0230. The zero-order valence-electron chi connectivity index (χ0n) is 12.6. The molecule has 21 heavy (non-hydrogen) atoms. The van der Waals surface area contributed by atoms with Gasteiger partial charge in [-0.3, -0.25) is 0 Å². The van der Waals surface area contributed by atoms with Crippen molar-refractivity contribution in [1.29, 1.82) is 0 Å². The SMILES string of the molecule is Cc1ccccc1C(C)Nc1nc(Cl)nc(OC(C)C)n1. The molecule has 1 heterocycles. The van der Waals surface area contributed by atoms with Crippen molar-refractivity contribution in [3.63, 3.8) is 0 Å². The molecule has 0 amide bonds. The van der Waals surface area contributed by atoms with Gasteiger partial charge in [0.05, 0.1) is 12.1 Å². The van der Waals surface area contributed by atoms with E-state index < -0.39 is 0 Å². The van der Waals surface area contributed by atoms with Crippen molar-refractivity contribution in [3.05, 3.63) is 40.7 Å². The quantitative estimate of drug-likeness (QED) is 0.910. The molecule has 6 heteroatoms. The Kier molecular flexibility index (Phi) is 4.96. The maximum absolute atomic E-state index is 5.91. The molecule has 0 saturated carbocycles. The smallest absolute Gasteiger partial charge is 0.322 e. The zero-order valence-corrected chi connectivity index (χ0v) is 13.3. The van der Waals surface area contributed by atoms with E-state index in [0.717, 1.165) is 0 Å². The first kappa shape index (κ1) is 15.5. The molecule has 112 valence electrons. The molecule has 0 bridgehead atoms. The molecule has 5 nitrogen and oxygen atoms in total. The first-order valence-corrected chi connectivity index (χ1v) is 7.24. The number of halogens is 1. The highest BCUT2D eigenvalue weighted by Gasteiger charge is 2.12. The van der Waals surface area contributed by atoms with Crippen LogP contribution >= 0.6 is 11.6 Å². The highest BCUT2D eigenvalue weighted by molar-refractivity contribution is 6.28. The van der Waals surface area contributed by atoms with Crippen molar-refractivity contribution < 1.29 is 4.74 Å². The van der Waals surface area contributed by atoms with Crippen molar-refractivity contribution in [2.75, 3.05) is 5.32 Å². The fourth-order valence-electron chi connectivity index (χ4n) is 2.00. The highest BCUT2D eigenvalue weighted by atomic mass is 35.5. The minimum atomic E-state index is -0.0230. The molecule has 1 N–H and O–H groups in total. The summed E-state index contributed by atoms with van der Waals surface area (Å²) in [5.41, 5.74) is 2.39. The van der Waals surface area contributed by atoms with E-state index >= 15 is 0 Å². The maximum Gasteiger partial charge on any atom is 0.322 e. The number of ether oxygens (including phenoxy) is 1. The van der Waals surface area contributed by atoms with Gasteiger partial charge in [-0.25, -0.2) is 0 Å². The molecular formula is C15H19ClN4O. The second-order valence-electron chi connectivity index (χ2n) is 5.10. The Balaban J connectivity index is 2.19. The average molecular weight is 307 g/mol. The molecule has 0 spiro atoms. The van der Waals surface area contributed by atoms with Gasteiger partial charge in [-0.2, -0.15) is 15.0 Å². The summed E-state index contributed by atoms with van der Waals surface area (Å²) in [6.45, 7) is 7.92. The van der Waals surface area contributed by atoms with Crippen molar-refractivity contribution in [2.45, 2.75) is 39.8 Å². The standard InChI is InChI=1S/C15H19ClN4O/c1-9(2)21-15-19-13(16)18-14(20-15)17-11(4)12-8-6-5-7-10(12)3/h5-9,11H,1-4H3,(H,17,18,19,20). The summed E-state index contributed by atoms with van der Waals surface area (Å²) in [5.74, 6) is 0.404. The van der Waals surface area contributed by atoms with E-state index in [1.54, 1.807) is 0 Å². The van der Waals surface area contributed by atoms with Gasteiger partial charge in [-0.05, 0) is 50.4 Å². The topological polar surface area (TPSA) is 59.9 Å². The van der Waals surface area contributed by atoms with E-state index in [2.05, 4.69) is 39.3 Å². The van der Waals surface area contributed by atoms with E-state index in [4.69, 9.17) is 16.3 Å². The number of aryl methyl sites for hydroxylation is 1. The van der Waals surface area contributed by atoms with E-state index in [0.29, 0.717) is 5.95 Å². The molecule has 2 aromatic rings. The molecule has 1 aromatic carbocycles. The number of hydrogen-bond donors (Lipinski definition) is 1. The molecule has 0 saturated heterocycles. The van der Waals surface area contributed by atoms with Crippen LogP contribution in [0.5, 0.6) is 6.01 Å². The third kappa shape index (κ3) is 4.29. The van der Waals surface area contributed by atoms with Gasteiger partial charge < -0.3 is 10.1 Å². The largest absolute Gasteiger partial charge is 0.461 e. The van der Waals surface area contributed by atoms with Crippen LogP contribution in [0.2, 0.25) is 5.28 Å². The molecule has 1 unspecified atom stereocenters. The molecule has 0 aliphatic carbocycles. The Morgan fingerprint density at radius 2 is 1.81 bits per heavy atom. The predicted molar refractivity (Wildman–Crippen MR) is 83.8 cm³/mol. The predicted octanol–water partition coefficient (Wildman–Crippen LogP) is 3.79. The second-order valence-corrected chi connectivity index (χ2v) is 5.44. The Bertz CT molecular complexity index is 618. The third-order valence-electron chi connectivity index (χ3n) is 2.93. The summed E-state index contributed by atoms with van der Waals surface area (Å²) in [5, 5.41) is 3.34. The number of rotatable bonds is 5. The van der Waals surface area contributed by atoms with Gasteiger partial charge in [0.25, 0.3) is 0 Å². The van der Waals surface area contributed by atoms with Crippen molar-refractivity contribution in [1.82, 2.24) is 15.0 Å². The van der Waals surface area contributed by atoms with Gasteiger partial charge in [0.2, 0.25) is 11.2 Å². The lowest BCUT2D eigenvalue weighted by molar-refractivity contribution is 0.222. The summed E-state index contributed by atoms with van der Waals surface area (Å²) in [6, 6.07) is 8.44. The van der Waals surface area contributed by atoms with Crippen molar-refractivity contribution >= 4 is 17.5 Å². The summed E-state index contributed by atoms with van der Waals surface area (Å²) < 4.78 is 5.46. The number of nitrogens with zero attached hydrogens (tertiary/aromatic N) is 3. The molecule has 1 aromatic heterocycles. The second kappa shape index (κ2) is 6.72. The lowest BCUT2D eigenvalue weighted by atomic mass is 10.0. The van der Waals surface area contributed by atoms with Gasteiger partial charge in [-0.15, -0.1) is 0 Å². The Hall–Kier alpha value is -1.88. The fourth-order valence-corrected chi connectivity index (χ4v) is 2.16. The first-order chi connectivity index (χ1) is 9.95. The van der Waals surface area contributed by atoms with Crippen molar-refractivity contribution in [3.8, 4) is 6.01 Å². The Morgan fingerprint density at radius 1 is 1.10 bits per heavy atom. The van der Waals surface area contributed by atoms with E-state index in [9.17, 15) is 0 Å². The van der Waals surface area contributed by atoms with Crippen LogP contribution in [0.15, 0.2) is 24.3 Å². The van der Waals surface area contributed by atoms with E-state index in [1.807, 2.05) is 32.9 Å². The first-order valence-electron chi connectivity index (χ1n) is 6.86. The van der Waals surface area contributed by atoms with Crippen molar-refractivity contribution in [2.24, 2.45) is 0 Å². The van der Waals surface area contributed by atoms with Crippen LogP contribution in [-0.2, 0) is 0 Å². The normalized spacial score (nSPS) is 12.3. The minimum Gasteiger partial charge on any atom is -0.461 e. The zero-order chi connectivity index (χ0) is 15.4. The number of nitrogens with one attached hydrogen (secondary N) is 1. The number of anilines is 1. The van der Waals surface area contributed by atoms with Crippen LogP contribution in [0, 0.1) is 6.92 Å². The van der Waals surface area contributed by atoms with Crippen LogP contribution < -0.4 is 10.1 Å². The van der Waals surface area contributed by atoms with E-state index in [1.165, 1.54) is 11.1 Å². The van der Waals surface area contributed by atoms with Crippen LogP contribution in [0.1, 0.15) is 37.9 Å². The van der Waals surface area contributed by atoms with Gasteiger partial charge >= 0.3 is 6.01 Å². The maximum atomic E-state index is 5.91. The fraction of sp³-hybridized carbons (Fsp3) is 0.400. The summed E-state index contributed by atoms with van der Waals surface area (Å²) in [4.78, 5) is 12.3. The molecule has 0 fully saturated rings. The van der Waals surface area contributed by atoms with Crippen LogP contribution in [0.3, 0.4) is 0 Å². The van der Waals surface area contributed by atoms with Gasteiger partial charge in [-0.1, -0.05) is 24.3 Å². The molecule has 2 rings (SSSR count). The summed E-state index contributed by atoms with van der Waals surface area (Å²) in [6.07, 6.45) is -0.0230. The molecule has 1 atom stereocenters. The molecule has 0 aliphatic rings. The molecule has 0 aliphatic heterocycles. The third-order valence-corrected chi connectivity index (χ3v) is 3.10. The molecule has 0 radical (unpaired) electrons. The van der Waals surface area contributed by atoms with Gasteiger partial charge in [0.15, 0.2) is 0 Å². The Labute approximate surface area is 129 Å². The van der Waals surface area contributed by atoms with Crippen LogP contribution in [0.4, 0.5) is 5.95 Å². The lowest BCUT2D eigenvalue weighted by Crippen LogP contribution is -2.14. The summed E-state index contributed by atoms with van der Waals surface area (Å²) >= 11 is 5.91. The number of hydrogen-bond acceptors (Lipinski definition) is 5. The lowest BCUT2D eigenvalue weighted by Gasteiger charge is -2.17. The number of aromatic nitrogens is 3. The van der Waals surface area contributed by atoms with E-state index in [-0.39, 0.29) is 23.4 Å². The Morgan fingerprint density at radius 3 is 2.48 bits per heavy atom. The van der Waals surface area contributed by atoms with Crippen LogP contribution in [0.25, 0.3) is 0 Å². The van der Waals surface area contributed by atoms with Gasteiger partial charge in [0, 0.05) is 0 Å². The van der Waals surface area contributed by atoms with Crippen LogP contribution in [-0.4, -0.2) is 21.1 Å². The number of benzene rings is 1. The summed E-state index contributed by atoms with van der Waals surface area (Å²) in [7, 11) is 0. The van der Waals surface area contributed by atoms with Gasteiger partial charge in [0.1, 0.15) is 0 Å². The highest BCUT2D eigenvalue weighted by Crippen LogP contribution is 2.21. The average Bonchev–Trinajstić information content (AvgIpc) is 2.37. The monoisotopic (exact) mass is 306 g/mol.